The van der Waals surface area contributed by atoms with Crippen molar-refractivity contribution in [3.8, 4) is 0 Å². The van der Waals surface area contributed by atoms with Gasteiger partial charge >= 0.3 is 0 Å². The Morgan fingerprint density at radius 1 is 0.875 bits per heavy atom. The fraction of sp³-hybridized carbons (Fsp3) is 0.133. The third kappa shape index (κ3) is 6.52. The van der Waals surface area contributed by atoms with E-state index in [9.17, 15) is 22.4 Å². The lowest BCUT2D eigenvalue weighted by Crippen LogP contribution is -2.30. The van der Waals surface area contributed by atoms with E-state index in [0.717, 1.165) is 24.1 Å². The third-order valence-corrected chi connectivity index (χ3v) is 9.08. The summed E-state index contributed by atoms with van der Waals surface area (Å²) in [7, 11) is -3.88. The molecule has 0 aromatic heterocycles. The predicted molar refractivity (Wildman–Crippen MR) is 155 cm³/mol. The summed E-state index contributed by atoms with van der Waals surface area (Å²) in [5, 5.41) is 2.67. The van der Waals surface area contributed by atoms with Gasteiger partial charge in [-0.05, 0) is 78.2 Å². The summed E-state index contributed by atoms with van der Waals surface area (Å²) in [6.07, 6.45) is 0.770. The topological polar surface area (TPSA) is 95.6 Å². The molecule has 204 valence electrons. The number of rotatable bonds is 9. The Morgan fingerprint density at radius 2 is 1.52 bits per heavy atom. The zero-order valence-electron chi connectivity index (χ0n) is 21.3. The van der Waals surface area contributed by atoms with Crippen molar-refractivity contribution in [2.45, 2.75) is 16.7 Å². The predicted octanol–water partition coefficient (Wildman–Crippen LogP) is 5.70. The zero-order valence-corrected chi connectivity index (χ0v) is 22.9. The fourth-order valence-electron chi connectivity index (χ4n) is 4.32. The second-order valence-electron chi connectivity index (χ2n) is 9.20. The number of hydrogen-bond donors (Lipinski definition) is 2. The van der Waals surface area contributed by atoms with Crippen LogP contribution in [0.15, 0.2) is 108 Å². The van der Waals surface area contributed by atoms with Crippen LogP contribution >= 0.6 is 11.8 Å². The maximum absolute atomic E-state index is 13.1. The van der Waals surface area contributed by atoms with Crippen molar-refractivity contribution in [1.82, 2.24) is 4.90 Å². The monoisotopic (exact) mass is 575 g/mol. The van der Waals surface area contributed by atoms with Gasteiger partial charge in [0.1, 0.15) is 11.2 Å². The number of carbonyl (C=O) groups excluding carboxylic acids is 2. The molecule has 2 N–H and O–H groups in total. The average molecular weight is 576 g/mol. The Hall–Kier alpha value is -4.15. The van der Waals surface area contributed by atoms with Crippen LogP contribution in [0.3, 0.4) is 0 Å². The molecule has 0 bridgehead atoms. The summed E-state index contributed by atoms with van der Waals surface area (Å²) in [5.74, 6) is -0.285. The van der Waals surface area contributed by atoms with Gasteiger partial charge < -0.3 is 10.2 Å². The summed E-state index contributed by atoms with van der Waals surface area (Å²) in [6, 6.07) is 27.9. The molecule has 0 saturated carbocycles. The molecular formula is C30H26FN3O4S2. The summed E-state index contributed by atoms with van der Waals surface area (Å²) in [4.78, 5) is 27.2. The van der Waals surface area contributed by atoms with Crippen molar-refractivity contribution in [2.75, 3.05) is 22.3 Å². The van der Waals surface area contributed by atoms with E-state index < -0.39 is 15.8 Å². The normalized spacial score (nSPS) is 15.2. The summed E-state index contributed by atoms with van der Waals surface area (Å²) < 4.78 is 40.7. The molecule has 1 fully saturated rings. The van der Waals surface area contributed by atoms with Crippen LogP contribution in [0.25, 0.3) is 0 Å². The van der Waals surface area contributed by atoms with Crippen molar-refractivity contribution in [3.63, 3.8) is 0 Å². The van der Waals surface area contributed by atoms with Gasteiger partial charge in [-0.25, -0.2) is 12.8 Å². The van der Waals surface area contributed by atoms with Crippen LogP contribution in [0.4, 0.5) is 15.8 Å². The highest BCUT2D eigenvalue weighted by molar-refractivity contribution is 8.00. The van der Waals surface area contributed by atoms with Crippen LogP contribution in [0.5, 0.6) is 0 Å². The van der Waals surface area contributed by atoms with E-state index in [1.54, 1.807) is 23.9 Å². The molecule has 4 aromatic rings. The highest BCUT2D eigenvalue weighted by Gasteiger charge is 2.32. The van der Waals surface area contributed by atoms with Crippen molar-refractivity contribution >= 4 is 45.0 Å². The first-order valence-electron chi connectivity index (χ1n) is 12.5. The zero-order chi connectivity index (χ0) is 28.1. The number of anilines is 2. The van der Waals surface area contributed by atoms with Crippen molar-refractivity contribution in [2.24, 2.45) is 0 Å². The van der Waals surface area contributed by atoms with Gasteiger partial charge in [0.25, 0.3) is 15.9 Å². The Labute approximate surface area is 236 Å². The molecule has 2 amide bonds. The van der Waals surface area contributed by atoms with Crippen molar-refractivity contribution < 1.29 is 22.4 Å². The number of amides is 2. The minimum atomic E-state index is -3.88. The number of nitrogens with zero attached hydrogens (tertiary/aromatic N) is 1. The quantitative estimate of drug-likeness (QED) is 0.267. The number of carbonyl (C=O) groups is 2. The second-order valence-corrected chi connectivity index (χ2v) is 11.9. The van der Waals surface area contributed by atoms with Crippen molar-refractivity contribution in [1.29, 1.82) is 0 Å². The molecule has 10 heteroatoms. The molecule has 0 unspecified atom stereocenters. The smallest absolute Gasteiger partial charge is 0.261 e. The van der Waals surface area contributed by atoms with Crippen LogP contribution in [0.1, 0.15) is 26.9 Å². The highest BCUT2D eigenvalue weighted by Crippen LogP contribution is 2.38. The van der Waals surface area contributed by atoms with Gasteiger partial charge in [0.15, 0.2) is 0 Å². The standard InChI is InChI=1S/C30H26FN3O4S2/c31-24-10-12-26(13-11-24)33-40(37,38)27-16-14-25(15-17-27)32-29(36)22-6-8-23(9-7-22)30-34(28(35)20-39-30)19-18-21-4-2-1-3-5-21/h1-17,30,33H,18-20H2,(H,32,36)/t30-/m1/s1. The number of benzene rings is 4. The van der Waals surface area contributed by atoms with E-state index in [1.165, 1.54) is 42.0 Å². The fourth-order valence-corrected chi connectivity index (χ4v) is 6.60. The first-order chi connectivity index (χ1) is 19.3. The summed E-state index contributed by atoms with van der Waals surface area (Å²) >= 11 is 1.57. The Kier molecular flexibility index (Phi) is 8.18. The maximum Gasteiger partial charge on any atom is 0.261 e. The first kappa shape index (κ1) is 27.4. The Bertz CT molecular complexity index is 1600. The second kappa shape index (κ2) is 11.9. The molecule has 1 atom stereocenters. The van der Waals surface area contributed by atoms with Gasteiger partial charge in [0, 0.05) is 23.5 Å². The van der Waals surface area contributed by atoms with Crippen LogP contribution in [-0.2, 0) is 21.2 Å². The van der Waals surface area contributed by atoms with E-state index in [0.29, 0.717) is 23.5 Å². The number of thioether (sulfide) groups is 1. The molecule has 1 aliphatic heterocycles. The Balaban J connectivity index is 1.20. The van der Waals surface area contributed by atoms with E-state index in [-0.39, 0.29) is 27.8 Å². The molecule has 1 heterocycles. The molecular weight excluding hydrogens is 549 g/mol. The number of sulfonamides is 1. The minimum absolute atomic E-state index is 0.000365. The largest absolute Gasteiger partial charge is 0.326 e. The van der Waals surface area contributed by atoms with Crippen LogP contribution < -0.4 is 10.0 Å². The maximum atomic E-state index is 13.1. The van der Waals surface area contributed by atoms with Crippen LogP contribution in [0.2, 0.25) is 0 Å². The SMILES string of the molecule is O=C(Nc1ccc(S(=O)(=O)Nc2ccc(F)cc2)cc1)c1ccc([C@H]2SCC(=O)N2CCc2ccccc2)cc1. The van der Waals surface area contributed by atoms with E-state index in [1.807, 2.05) is 47.4 Å². The van der Waals surface area contributed by atoms with E-state index >= 15 is 0 Å². The molecule has 1 aliphatic rings. The van der Waals surface area contributed by atoms with E-state index in [2.05, 4.69) is 10.0 Å². The van der Waals surface area contributed by atoms with E-state index in [4.69, 9.17) is 0 Å². The number of nitrogens with one attached hydrogen (secondary N) is 2. The minimum Gasteiger partial charge on any atom is -0.326 e. The lowest BCUT2D eigenvalue weighted by molar-refractivity contribution is -0.128. The Morgan fingerprint density at radius 3 is 2.20 bits per heavy atom. The number of hydrogen-bond acceptors (Lipinski definition) is 5. The first-order valence-corrected chi connectivity index (χ1v) is 15.1. The van der Waals surface area contributed by atoms with Gasteiger partial charge in [-0.3, -0.25) is 14.3 Å². The molecule has 1 saturated heterocycles. The third-order valence-electron chi connectivity index (χ3n) is 6.43. The molecule has 0 radical (unpaired) electrons. The molecule has 0 spiro atoms. The highest BCUT2D eigenvalue weighted by atomic mass is 32.2. The molecule has 40 heavy (non-hydrogen) atoms. The lowest BCUT2D eigenvalue weighted by atomic mass is 10.1. The molecule has 4 aromatic carbocycles. The van der Waals surface area contributed by atoms with Gasteiger partial charge in [-0.15, -0.1) is 11.8 Å². The average Bonchev–Trinajstić information content (AvgIpc) is 3.34. The van der Waals surface area contributed by atoms with Crippen LogP contribution in [-0.4, -0.2) is 37.4 Å². The molecule has 7 nitrogen and oxygen atoms in total. The summed E-state index contributed by atoms with van der Waals surface area (Å²) in [5.41, 5.74) is 3.22. The van der Waals surface area contributed by atoms with Crippen molar-refractivity contribution in [3.05, 3.63) is 126 Å². The van der Waals surface area contributed by atoms with Gasteiger partial charge in [0.2, 0.25) is 5.91 Å². The number of halogens is 1. The molecule has 0 aliphatic carbocycles. The van der Waals surface area contributed by atoms with Gasteiger partial charge in [-0.2, -0.15) is 0 Å². The van der Waals surface area contributed by atoms with Crippen LogP contribution in [0, 0.1) is 5.82 Å². The van der Waals surface area contributed by atoms with Gasteiger partial charge in [0.05, 0.1) is 10.6 Å². The summed E-state index contributed by atoms with van der Waals surface area (Å²) in [6.45, 7) is 0.619. The lowest BCUT2D eigenvalue weighted by Gasteiger charge is -2.24. The molecule has 5 rings (SSSR count). The van der Waals surface area contributed by atoms with Gasteiger partial charge in [-0.1, -0.05) is 42.5 Å².